The molecule has 5 rings (SSSR count). The topological polar surface area (TPSA) is 92.3 Å². The molecule has 1 fully saturated rings. The highest BCUT2D eigenvalue weighted by Crippen LogP contribution is 2.41. The Kier molecular flexibility index (Phi) is 6.25. The number of hydrogen-bond acceptors (Lipinski definition) is 6. The SMILES string of the molecule is Cc1ccc2c(Cl)c(C(=O)Nc3sc4c(c3C(=O)NC3CCS(=O)(=O)C3)CCC(C)C4)sc2c1. The number of benzene rings is 1. The quantitative estimate of drug-likeness (QED) is 0.478. The predicted octanol–water partition coefficient (Wildman–Crippen LogP) is 5.22. The lowest BCUT2D eigenvalue weighted by Gasteiger charge is -2.19. The predicted molar refractivity (Wildman–Crippen MR) is 140 cm³/mol. The molecule has 3 aromatic rings. The number of aryl methyl sites for hydroxylation is 1. The molecule has 0 bridgehead atoms. The van der Waals surface area contributed by atoms with Gasteiger partial charge in [-0.2, -0.15) is 0 Å². The van der Waals surface area contributed by atoms with Gasteiger partial charge in [0.15, 0.2) is 9.84 Å². The summed E-state index contributed by atoms with van der Waals surface area (Å²) >= 11 is 9.32. The molecule has 34 heavy (non-hydrogen) atoms. The van der Waals surface area contributed by atoms with Crippen LogP contribution in [0.25, 0.3) is 10.1 Å². The number of carbonyl (C=O) groups excluding carboxylic acids is 2. The van der Waals surface area contributed by atoms with E-state index in [1.165, 1.54) is 22.7 Å². The first kappa shape index (κ1) is 23.8. The Labute approximate surface area is 211 Å². The smallest absolute Gasteiger partial charge is 0.267 e. The van der Waals surface area contributed by atoms with Crippen molar-refractivity contribution in [2.75, 3.05) is 16.8 Å². The third-order valence-electron chi connectivity index (χ3n) is 6.52. The Morgan fingerprint density at radius 2 is 1.94 bits per heavy atom. The number of amides is 2. The van der Waals surface area contributed by atoms with Gasteiger partial charge in [-0.1, -0.05) is 30.7 Å². The molecule has 10 heteroatoms. The Bertz CT molecular complexity index is 1420. The molecule has 2 unspecified atom stereocenters. The summed E-state index contributed by atoms with van der Waals surface area (Å²) < 4.78 is 24.7. The first-order chi connectivity index (χ1) is 16.1. The summed E-state index contributed by atoms with van der Waals surface area (Å²) in [6.07, 6.45) is 3.00. The lowest BCUT2D eigenvalue weighted by Crippen LogP contribution is -2.36. The Morgan fingerprint density at radius 3 is 2.68 bits per heavy atom. The molecule has 180 valence electrons. The summed E-state index contributed by atoms with van der Waals surface area (Å²) in [5.74, 6) is -0.105. The zero-order valence-corrected chi connectivity index (χ0v) is 22.1. The van der Waals surface area contributed by atoms with E-state index in [0.717, 1.165) is 45.4 Å². The third kappa shape index (κ3) is 4.51. The van der Waals surface area contributed by atoms with Crippen LogP contribution >= 0.6 is 34.3 Å². The number of sulfone groups is 1. The van der Waals surface area contributed by atoms with Crippen LogP contribution in [0, 0.1) is 12.8 Å². The number of fused-ring (bicyclic) bond motifs is 2. The van der Waals surface area contributed by atoms with Crippen molar-refractivity contribution in [2.24, 2.45) is 5.92 Å². The summed E-state index contributed by atoms with van der Waals surface area (Å²) in [5, 5.41) is 7.62. The molecule has 2 N–H and O–H groups in total. The van der Waals surface area contributed by atoms with Gasteiger partial charge in [0.1, 0.15) is 9.88 Å². The highest BCUT2D eigenvalue weighted by atomic mass is 35.5. The van der Waals surface area contributed by atoms with Crippen molar-refractivity contribution < 1.29 is 18.0 Å². The van der Waals surface area contributed by atoms with Crippen LogP contribution in [0.1, 0.15) is 55.8 Å². The fraction of sp³-hybridized carbons (Fsp3) is 0.417. The molecule has 0 radical (unpaired) electrons. The van der Waals surface area contributed by atoms with E-state index in [2.05, 4.69) is 17.6 Å². The second-order valence-electron chi connectivity index (χ2n) is 9.33. The van der Waals surface area contributed by atoms with Crippen molar-refractivity contribution in [3.8, 4) is 0 Å². The van der Waals surface area contributed by atoms with Crippen molar-refractivity contribution in [3.63, 3.8) is 0 Å². The van der Waals surface area contributed by atoms with Crippen molar-refractivity contribution in [2.45, 2.75) is 45.6 Å². The van der Waals surface area contributed by atoms with Crippen molar-refractivity contribution in [1.29, 1.82) is 0 Å². The normalized spacial score (nSPS) is 21.4. The highest BCUT2D eigenvalue weighted by molar-refractivity contribution is 7.91. The van der Waals surface area contributed by atoms with Crippen molar-refractivity contribution in [1.82, 2.24) is 5.32 Å². The second-order valence-corrected chi connectivity index (χ2v) is 14.1. The molecule has 2 aliphatic rings. The molecule has 6 nitrogen and oxygen atoms in total. The van der Waals surface area contributed by atoms with Gasteiger partial charge < -0.3 is 10.6 Å². The van der Waals surface area contributed by atoms with E-state index in [-0.39, 0.29) is 23.3 Å². The number of carbonyl (C=O) groups is 2. The van der Waals surface area contributed by atoms with Gasteiger partial charge in [-0.05, 0) is 55.7 Å². The number of halogens is 1. The highest BCUT2D eigenvalue weighted by Gasteiger charge is 2.33. The van der Waals surface area contributed by atoms with Crippen LogP contribution in [0.4, 0.5) is 5.00 Å². The summed E-state index contributed by atoms with van der Waals surface area (Å²) in [6.45, 7) is 4.17. The molecule has 0 spiro atoms. The zero-order chi connectivity index (χ0) is 24.2. The molecule has 0 saturated carbocycles. The van der Waals surface area contributed by atoms with Gasteiger partial charge in [-0.3, -0.25) is 9.59 Å². The van der Waals surface area contributed by atoms with Crippen molar-refractivity contribution >= 4 is 71.0 Å². The maximum absolute atomic E-state index is 13.3. The van der Waals surface area contributed by atoms with E-state index >= 15 is 0 Å². The molecule has 1 aliphatic carbocycles. The minimum absolute atomic E-state index is 0.0411. The summed E-state index contributed by atoms with van der Waals surface area (Å²) in [4.78, 5) is 28.1. The molecular weight excluding hydrogens is 512 g/mol. The standard InChI is InChI=1S/C24H25ClN2O4S3/c1-12-3-5-15-17(9-12)33-24(19(15)22(28)26-14-7-8-34(30,31)11-14)27-23(29)21-20(25)16-6-4-13(2)10-18(16)32-21/h4,6,10,12,14H,3,5,7-9,11H2,1-2H3,(H,26,28)(H,27,29). The average molecular weight is 537 g/mol. The van der Waals surface area contributed by atoms with Crippen LogP contribution in [0.5, 0.6) is 0 Å². The largest absolute Gasteiger partial charge is 0.348 e. The van der Waals surface area contributed by atoms with Crippen LogP contribution in [-0.4, -0.2) is 37.8 Å². The Balaban J connectivity index is 1.47. The maximum Gasteiger partial charge on any atom is 0.267 e. The van der Waals surface area contributed by atoms with Gasteiger partial charge in [0, 0.05) is 21.0 Å². The van der Waals surface area contributed by atoms with Gasteiger partial charge in [-0.25, -0.2) is 8.42 Å². The molecule has 3 heterocycles. The summed E-state index contributed by atoms with van der Waals surface area (Å²) in [6, 6.07) is 5.48. The fourth-order valence-corrected chi connectivity index (χ4v) is 9.31. The molecule has 1 saturated heterocycles. The second kappa shape index (κ2) is 8.93. The van der Waals surface area contributed by atoms with Crippen LogP contribution in [0.3, 0.4) is 0 Å². The average Bonchev–Trinajstić information content (AvgIpc) is 3.39. The molecule has 1 aromatic carbocycles. The minimum Gasteiger partial charge on any atom is -0.348 e. The number of thiophene rings is 2. The number of hydrogen-bond donors (Lipinski definition) is 2. The fourth-order valence-electron chi connectivity index (χ4n) is 4.72. The molecule has 2 aromatic heterocycles. The van der Waals surface area contributed by atoms with E-state index in [9.17, 15) is 18.0 Å². The van der Waals surface area contributed by atoms with Crippen LogP contribution in [-0.2, 0) is 22.7 Å². The molecule has 2 atom stereocenters. The molecule has 1 aliphatic heterocycles. The maximum atomic E-state index is 13.3. The van der Waals surface area contributed by atoms with Crippen LogP contribution < -0.4 is 10.6 Å². The first-order valence-corrected chi connectivity index (χ1v) is 15.1. The Hall–Kier alpha value is -1.94. The summed E-state index contributed by atoms with van der Waals surface area (Å²) in [7, 11) is -3.12. The van der Waals surface area contributed by atoms with Gasteiger partial charge in [0.2, 0.25) is 0 Å². The zero-order valence-electron chi connectivity index (χ0n) is 18.9. The van der Waals surface area contributed by atoms with Gasteiger partial charge in [-0.15, -0.1) is 22.7 Å². The van der Waals surface area contributed by atoms with Gasteiger partial charge in [0.25, 0.3) is 11.8 Å². The van der Waals surface area contributed by atoms with E-state index in [4.69, 9.17) is 11.6 Å². The first-order valence-electron chi connectivity index (χ1n) is 11.3. The van der Waals surface area contributed by atoms with E-state index in [1.54, 1.807) is 0 Å². The van der Waals surface area contributed by atoms with Crippen LogP contribution in [0.15, 0.2) is 18.2 Å². The van der Waals surface area contributed by atoms with E-state index < -0.39 is 15.9 Å². The van der Waals surface area contributed by atoms with Crippen molar-refractivity contribution in [3.05, 3.63) is 49.7 Å². The van der Waals surface area contributed by atoms with Gasteiger partial charge >= 0.3 is 0 Å². The van der Waals surface area contributed by atoms with E-state index in [0.29, 0.717) is 32.8 Å². The van der Waals surface area contributed by atoms with Gasteiger partial charge in [0.05, 0.1) is 22.1 Å². The third-order valence-corrected chi connectivity index (χ3v) is 11.1. The molecule has 2 amide bonds. The Morgan fingerprint density at radius 1 is 1.15 bits per heavy atom. The monoisotopic (exact) mass is 536 g/mol. The minimum atomic E-state index is -3.12. The summed E-state index contributed by atoms with van der Waals surface area (Å²) in [5.41, 5.74) is 2.53. The van der Waals surface area contributed by atoms with Crippen LogP contribution in [0.2, 0.25) is 5.02 Å². The number of nitrogens with one attached hydrogen (secondary N) is 2. The lowest BCUT2D eigenvalue weighted by atomic mass is 9.88. The molecular formula is C24H25ClN2O4S3. The number of anilines is 1. The number of rotatable bonds is 4. The van der Waals surface area contributed by atoms with E-state index in [1.807, 2.05) is 25.1 Å². The lowest BCUT2D eigenvalue weighted by molar-refractivity contribution is 0.0941.